The lowest BCUT2D eigenvalue weighted by Crippen LogP contribution is -2.38. The summed E-state index contributed by atoms with van der Waals surface area (Å²) < 4.78 is 5.88. The Morgan fingerprint density at radius 3 is 2.75 bits per heavy atom. The van der Waals surface area contributed by atoms with Crippen LogP contribution in [0.4, 0.5) is 0 Å². The van der Waals surface area contributed by atoms with Crippen LogP contribution in [0.25, 0.3) is 0 Å². The molecule has 0 aliphatic rings. The molecule has 20 heavy (non-hydrogen) atoms. The van der Waals surface area contributed by atoms with Crippen molar-refractivity contribution >= 4 is 11.9 Å². The Morgan fingerprint density at radius 1 is 1.50 bits per heavy atom. The molecule has 1 rings (SSSR count). The first-order chi connectivity index (χ1) is 9.49. The summed E-state index contributed by atoms with van der Waals surface area (Å²) in [5, 5.41) is 15.1. The summed E-state index contributed by atoms with van der Waals surface area (Å²) in [5.41, 5.74) is -0.234. The van der Waals surface area contributed by atoms with E-state index >= 15 is 0 Å². The molecule has 0 spiro atoms. The van der Waals surface area contributed by atoms with Crippen LogP contribution in [0.15, 0.2) is 16.9 Å². The minimum Gasteiger partial charge on any atom is -0.479 e. The highest BCUT2D eigenvalue weighted by molar-refractivity contribution is 5.92. The fraction of sp³-hybridized carbons (Fsp3) is 0.500. The number of amides is 1. The van der Waals surface area contributed by atoms with E-state index in [-0.39, 0.29) is 17.8 Å². The third-order valence-electron chi connectivity index (χ3n) is 2.54. The van der Waals surface area contributed by atoms with Gasteiger partial charge in [0, 0.05) is 19.7 Å². The van der Waals surface area contributed by atoms with Crippen LogP contribution in [0.5, 0.6) is 0 Å². The summed E-state index contributed by atoms with van der Waals surface area (Å²) in [5.74, 6) is -1.73. The molecule has 2 N–H and O–H groups in total. The number of nitrogens with zero attached hydrogens (tertiary/aromatic N) is 2. The molecule has 0 saturated carbocycles. The Kier molecular flexibility index (Phi) is 5.85. The molecule has 8 heteroatoms. The second-order valence-electron chi connectivity index (χ2n) is 4.05. The number of carboxylic acids is 1. The molecule has 0 fully saturated rings. The van der Waals surface area contributed by atoms with E-state index in [1.165, 1.54) is 23.9 Å². The van der Waals surface area contributed by atoms with Gasteiger partial charge in [0.05, 0.1) is 6.54 Å². The summed E-state index contributed by atoms with van der Waals surface area (Å²) in [6.45, 7) is 2.12. The van der Waals surface area contributed by atoms with Crippen LogP contribution < -0.4 is 10.9 Å². The first-order valence-electron chi connectivity index (χ1n) is 6.11. The number of aliphatic carboxylic acids is 1. The molecule has 1 aromatic heterocycles. The van der Waals surface area contributed by atoms with Crippen LogP contribution in [0.1, 0.15) is 23.8 Å². The average Bonchev–Trinajstić information content (AvgIpc) is 2.41. The Labute approximate surface area is 115 Å². The summed E-state index contributed by atoms with van der Waals surface area (Å²) in [6, 6.07) is 2.55. The molecule has 8 nitrogen and oxygen atoms in total. The highest BCUT2D eigenvalue weighted by Crippen LogP contribution is 1.94. The molecule has 0 aromatic carbocycles. The maximum Gasteiger partial charge on any atom is 0.334 e. The van der Waals surface area contributed by atoms with Crippen molar-refractivity contribution in [2.24, 2.45) is 0 Å². The lowest BCUT2D eigenvalue weighted by Gasteiger charge is -2.11. The van der Waals surface area contributed by atoms with E-state index in [4.69, 9.17) is 5.11 Å². The second kappa shape index (κ2) is 7.39. The highest BCUT2D eigenvalue weighted by Gasteiger charge is 2.18. The highest BCUT2D eigenvalue weighted by atomic mass is 16.5. The molecule has 1 unspecified atom stereocenters. The quantitative estimate of drug-likeness (QED) is 0.697. The summed E-state index contributed by atoms with van der Waals surface area (Å²) >= 11 is 0. The number of carboxylic acid groups (broad SMARTS) is 1. The fourth-order valence-electron chi connectivity index (χ4n) is 1.49. The normalized spacial score (nSPS) is 11.9. The van der Waals surface area contributed by atoms with E-state index < -0.39 is 18.0 Å². The second-order valence-corrected chi connectivity index (χ2v) is 4.05. The van der Waals surface area contributed by atoms with Gasteiger partial charge in [-0.25, -0.2) is 9.48 Å². The largest absolute Gasteiger partial charge is 0.479 e. The Bertz CT molecular complexity index is 540. The number of hydrogen-bond acceptors (Lipinski definition) is 5. The van der Waals surface area contributed by atoms with E-state index in [0.717, 1.165) is 0 Å². The van der Waals surface area contributed by atoms with Gasteiger partial charge in [0.25, 0.3) is 11.5 Å². The van der Waals surface area contributed by atoms with Crippen molar-refractivity contribution in [1.82, 2.24) is 15.1 Å². The zero-order chi connectivity index (χ0) is 15.1. The van der Waals surface area contributed by atoms with Gasteiger partial charge in [0.2, 0.25) is 0 Å². The number of carbonyl (C=O) groups excluding carboxylic acids is 1. The standard InChI is InChI=1S/C12H17N3O5/c1-3-6-15-10(16)5-4-8(14-15)11(17)13-7-9(20-2)12(18)19/h4-5,9H,3,6-7H2,1-2H3,(H,13,17)(H,18,19). The number of nitrogens with one attached hydrogen (secondary N) is 1. The zero-order valence-corrected chi connectivity index (χ0v) is 11.3. The molecule has 0 bridgehead atoms. The molecular formula is C12H17N3O5. The first kappa shape index (κ1) is 15.8. The van der Waals surface area contributed by atoms with Gasteiger partial charge in [-0.3, -0.25) is 9.59 Å². The van der Waals surface area contributed by atoms with Crippen LogP contribution in [0.3, 0.4) is 0 Å². The van der Waals surface area contributed by atoms with Gasteiger partial charge in [0.1, 0.15) is 5.69 Å². The predicted octanol–water partition coefficient (Wildman–Crippen LogP) is -0.517. The van der Waals surface area contributed by atoms with Crippen molar-refractivity contribution < 1.29 is 19.4 Å². The molecule has 1 aromatic rings. The maximum atomic E-state index is 11.8. The smallest absolute Gasteiger partial charge is 0.334 e. The van der Waals surface area contributed by atoms with Crippen LogP contribution in [0, 0.1) is 0 Å². The molecule has 0 aliphatic heterocycles. The predicted molar refractivity (Wildman–Crippen MR) is 69.6 cm³/mol. The minimum absolute atomic E-state index is 0.0540. The summed E-state index contributed by atoms with van der Waals surface area (Å²) in [7, 11) is 1.24. The van der Waals surface area contributed by atoms with Crippen LogP contribution >= 0.6 is 0 Å². The van der Waals surface area contributed by atoms with Crippen molar-refractivity contribution in [3.63, 3.8) is 0 Å². The molecule has 0 aliphatic carbocycles. The molecule has 1 atom stereocenters. The monoisotopic (exact) mass is 283 g/mol. The first-order valence-corrected chi connectivity index (χ1v) is 6.11. The number of ether oxygens (including phenoxy) is 1. The van der Waals surface area contributed by atoms with E-state index in [2.05, 4.69) is 15.2 Å². The maximum absolute atomic E-state index is 11.8. The molecule has 1 amide bonds. The number of methoxy groups -OCH3 is 1. The lowest BCUT2D eigenvalue weighted by atomic mass is 10.3. The van der Waals surface area contributed by atoms with Crippen LogP contribution in [-0.2, 0) is 16.1 Å². The third kappa shape index (κ3) is 4.16. The lowest BCUT2D eigenvalue weighted by molar-refractivity contribution is -0.148. The molecule has 0 radical (unpaired) electrons. The average molecular weight is 283 g/mol. The van der Waals surface area contributed by atoms with Gasteiger partial charge in [-0.1, -0.05) is 6.92 Å². The fourth-order valence-corrected chi connectivity index (χ4v) is 1.49. The van der Waals surface area contributed by atoms with Crippen molar-refractivity contribution in [3.05, 3.63) is 28.2 Å². The van der Waals surface area contributed by atoms with E-state index in [1.54, 1.807) is 0 Å². The van der Waals surface area contributed by atoms with Crippen molar-refractivity contribution in [3.8, 4) is 0 Å². The molecule has 110 valence electrons. The number of rotatable bonds is 7. The van der Waals surface area contributed by atoms with Gasteiger partial charge in [-0.2, -0.15) is 5.10 Å². The van der Waals surface area contributed by atoms with Crippen molar-refractivity contribution in [2.45, 2.75) is 26.0 Å². The van der Waals surface area contributed by atoms with Crippen molar-refractivity contribution in [2.75, 3.05) is 13.7 Å². The number of hydrogen-bond donors (Lipinski definition) is 2. The van der Waals surface area contributed by atoms with Crippen LogP contribution in [-0.4, -0.2) is 46.5 Å². The number of aryl methyl sites for hydroxylation is 1. The van der Waals surface area contributed by atoms with Gasteiger partial charge < -0.3 is 15.2 Å². The van der Waals surface area contributed by atoms with E-state index in [1.807, 2.05) is 6.92 Å². The van der Waals surface area contributed by atoms with E-state index in [0.29, 0.717) is 13.0 Å². The molecule has 1 heterocycles. The molecule has 0 saturated heterocycles. The van der Waals surface area contributed by atoms with Gasteiger partial charge in [0.15, 0.2) is 6.10 Å². The number of carbonyl (C=O) groups is 2. The Morgan fingerprint density at radius 2 is 2.20 bits per heavy atom. The Hall–Kier alpha value is -2.22. The summed E-state index contributed by atoms with van der Waals surface area (Å²) in [4.78, 5) is 34.0. The third-order valence-corrected chi connectivity index (χ3v) is 2.54. The minimum atomic E-state index is -1.17. The van der Waals surface area contributed by atoms with Crippen molar-refractivity contribution in [1.29, 1.82) is 0 Å². The SMILES string of the molecule is CCCn1nc(C(=O)NCC(OC)C(=O)O)ccc1=O. The summed E-state index contributed by atoms with van der Waals surface area (Å²) in [6.07, 6.45) is -0.413. The topological polar surface area (TPSA) is 111 Å². The van der Waals surface area contributed by atoms with Gasteiger partial charge in [-0.15, -0.1) is 0 Å². The van der Waals surface area contributed by atoms with Crippen LogP contribution in [0.2, 0.25) is 0 Å². The zero-order valence-electron chi connectivity index (χ0n) is 11.3. The van der Waals surface area contributed by atoms with Gasteiger partial charge >= 0.3 is 5.97 Å². The Balaban J connectivity index is 2.75. The van der Waals surface area contributed by atoms with Gasteiger partial charge in [-0.05, 0) is 12.5 Å². The number of aromatic nitrogens is 2. The molecular weight excluding hydrogens is 266 g/mol. The van der Waals surface area contributed by atoms with E-state index in [9.17, 15) is 14.4 Å².